The molecule has 0 unspecified atom stereocenters. The van der Waals surface area contributed by atoms with E-state index in [0.717, 1.165) is 28.2 Å². The van der Waals surface area contributed by atoms with Gasteiger partial charge in [-0.2, -0.15) is 0 Å². The Labute approximate surface area is 189 Å². The first-order valence-electron chi connectivity index (χ1n) is 10.9. The Morgan fingerprint density at radius 3 is 1.69 bits per heavy atom. The van der Waals surface area contributed by atoms with Crippen LogP contribution in [-0.4, -0.2) is 10.2 Å². The average molecular weight is 422 g/mol. The van der Waals surface area contributed by atoms with Crippen molar-refractivity contribution in [3.05, 3.63) is 101 Å². The van der Waals surface area contributed by atoms with E-state index >= 15 is 0 Å². The Kier molecular flexibility index (Phi) is 4.52. The lowest BCUT2D eigenvalue weighted by Crippen LogP contribution is -2.16. The number of aromatic hydroxyl groups is 2. The lowest BCUT2D eigenvalue weighted by Gasteiger charge is -2.28. The summed E-state index contributed by atoms with van der Waals surface area (Å²) in [4.78, 5) is 2.18. The van der Waals surface area contributed by atoms with Gasteiger partial charge in [0.25, 0.3) is 0 Å². The number of hydrogen-bond donors (Lipinski definition) is 2. The number of nitrogens with zero attached hydrogens (tertiary/aromatic N) is 1. The Hall–Kier alpha value is -3.72. The van der Waals surface area contributed by atoms with Gasteiger partial charge in [0.05, 0.1) is 0 Å². The lowest BCUT2D eigenvalue weighted by atomic mass is 9.82. The minimum absolute atomic E-state index is 0.0939. The van der Waals surface area contributed by atoms with Crippen molar-refractivity contribution in [3.8, 4) is 22.6 Å². The minimum atomic E-state index is -0.0939. The maximum atomic E-state index is 10.1. The number of aryl methyl sites for hydroxylation is 2. The zero-order valence-electron chi connectivity index (χ0n) is 18.8. The van der Waals surface area contributed by atoms with Crippen LogP contribution in [-0.2, 0) is 5.41 Å². The largest absolute Gasteiger partial charge is 0.508 e. The van der Waals surface area contributed by atoms with E-state index < -0.39 is 0 Å². The fraction of sp³-hybridized carbons (Fsp3) is 0.172. The van der Waals surface area contributed by atoms with Crippen molar-refractivity contribution in [2.75, 3.05) is 4.90 Å². The SMILES string of the molecule is Cc1cc(N(c2ccc(O)c(C)c2)c2ccc3c(c2)C(C)(C)c2ccccc2-3)ccc1O. The Morgan fingerprint density at radius 2 is 1.09 bits per heavy atom. The number of phenols is 2. The van der Waals surface area contributed by atoms with Crippen LogP contribution in [0, 0.1) is 13.8 Å². The first kappa shape index (κ1) is 20.2. The van der Waals surface area contributed by atoms with Crippen LogP contribution in [0.2, 0.25) is 0 Å². The highest BCUT2D eigenvalue weighted by atomic mass is 16.3. The molecule has 0 spiro atoms. The van der Waals surface area contributed by atoms with Gasteiger partial charge in [-0.3, -0.25) is 0 Å². The summed E-state index contributed by atoms with van der Waals surface area (Å²) in [6, 6.07) is 26.6. The third-order valence-electron chi connectivity index (χ3n) is 6.70. The first-order chi connectivity index (χ1) is 15.3. The number of hydrogen-bond acceptors (Lipinski definition) is 3. The molecule has 3 heteroatoms. The molecule has 0 saturated carbocycles. The molecule has 0 amide bonds. The second-order valence-corrected chi connectivity index (χ2v) is 9.18. The number of fused-ring (bicyclic) bond motifs is 3. The van der Waals surface area contributed by atoms with Crippen LogP contribution >= 0.6 is 0 Å². The van der Waals surface area contributed by atoms with Gasteiger partial charge in [0.1, 0.15) is 11.5 Å². The van der Waals surface area contributed by atoms with Crippen LogP contribution in [0.25, 0.3) is 11.1 Å². The monoisotopic (exact) mass is 421 g/mol. The standard InChI is InChI=1S/C29H27NO2/c1-18-15-20(10-13-27(18)31)30(21-11-14-28(32)19(2)16-21)22-9-12-24-23-7-5-6-8-25(23)29(3,4)26(24)17-22/h5-17,31-32H,1-4H3. The van der Waals surface area contributed by atoms with Crippen LogP contribution in [0.4, 0.5) is 17.1 Å². The molecule has 3 nitrogen and oxygen atoms in total. The predicted molar refractivity (Wildman–Crippen MR) is 131 cm³/mol. The summed E-state index contributed by atoms with van der Waals surface area (Å²) < 4.78 is 0. The molecule has 0 bridgehead atoms. The molecule has 0 radical (unpaired) electrons. The van der Waals surface area contributed by atoms with Crippen LogP contribution in [0.5, 0.6) is 11.5 Å². The second kappa shape index (κ2) is 7.16. The van der Waals surface area contributed by atoms with Gasteiger partial charge in [0.15, 0.2) is 0 Å². The molecule has 0 heterocycles. The van der Waals surface area contributed by atoms with E-state index in [-0.39, 0.29) is 16.9 Å². The Morgan fingerprint density at radius 1 is 0.594 bits per heavy atom. The third kappa shape index (κ3) is 3.04. The summed E-state index contributed by atoms with van der Waals surface area (Å²) in [7, 11) is 0. The van der Waals surface area contributed by atoms with Crippen molar-refractivity contribution >= 4 is 17.1 Å². The van der Waals surface area contributed by atoms with Crippen LogP contribution in [0.3, 0.4) is 0 Å². The van der Waals surface area contributed by atoms with Gasteiger partial charge in [-0.25, -0.2) is 0 Å². The summed E-state index contributed by atoms with van der Waals surface area (Å²) in [5.74, 6) is 0.558. The molecule has 1 aliphatic rings. The Bertz CT molecular complexity index is 1300. The summed E-state index contributed by atoms with van der Waals surface area (Å²) in [5, 5.41) is 20.2. The topological polar surface area (TPSA) is 43.7 Å². The smallest absolute Gasteiger partial charge is 0.118 e. The van der Waals surface area contributed by atoms with Gasteiger partial charge in [-0.1, -0.05) is 44.2 Å². The molecule has 0 saturated heterocycles. The maximum Gasteiger partial charge on any atom is 0.118 e. The molecule has 2 N–H and O–H groups in total. The van der Waals surface area contributed by atoms with Crippen molar-refractivity contribution in [2.24, 2.45) is 0 Å². The van der Waals surface area contributed by atoms with Crippen LogP contribution in [0.1, 0.15) is 36.1 Å². The van der Waals surface area contributed by atoms with E-state index in [4.69, 9.17) is 0 Å². The van der Waals surface area contributed by atoms with Crippen LogP contribution < -0.4 is 4.90 Å². The zero-order valence-corrected chi connectivity index (χ0v) is 18.8. The summed E-state index contributed by atoms with van der Waals surface area (Å²) in [5.41, 5.74) is 9.71. The quantitative estimate of drug-likeness (QED) is 0.360. The number of rotatable bonds is 3. The fourth-order valence-electron chi connectivity index (χ4n) is 4.84. The summed E-state index contributed by atoms with van der Waals surface area (Å²) in [6.45, 7) is 8.37. The van der Waals surface area contributed by atoms with E-state index in [1.54, 1.807) is 12.1 Å². The van der Waals surface area contributed by atoms with Crippen molar-refractivity contribution < 1.29 is 10.2 Å². The van der Waals surface area contributed by atoms with E-state index in [0.29, 0.717) is 0 Å². The molecular weight excluding hydrogens is 394 g/mol. The molecule has 0 aromatic heterocycles. The third-order valence-corrected chi connectivity index (χ3v) is 6.70. The zero-order chi connectivity index (χ0) is 22.6. The molecule has 0 atom stereocenters. The molecule has 32 heavy (non-hydrogen) atoms. The fourth-order valence-corrected chi connectivity index (χ4v) is 4.84. The molecular formula is C29H27NO2. The van der Waals surface area contributed by atoms with E-state index in [9.17, 15) is 10.2 Å². The van der Waals surface area contributed by atoms with Crippen molar-refractivity contribution in [1.82, 2.24) is 0 Å². The molecule has 5 rings (SSSR count). The second-order valence-electron chi connectivity index (χ2n) is 9.18. The van der Waals surface area contributed by atoms with E-state index in [1.165, 1.54) is 22.3 Å². The molecule has 0 fully saturated rings. The highest BCUT2D eigenvalue weighted by Crippen LogP contribution is 2.50. The maximum absolute atomic E-state index is 10.1. The molecule has 160 valence electrons. The van der Waals surface area contributed by atoms with Gasteiger partial charge >= 0.3 is 0 Å². The van der Waals surface area contributed by atoms with Gasteiger partial charge in [0.2, 0.25) is 0 Å². The van der Waals surface area contributed by atoms with Gasteiger partial charge < -0.3 is 15.1 Å². The summed E-state index contributed by atoms with van der Waals surface area (Å²) in [6.07, 6.45) is 0. The molecule has 4 aromatic rings. The average Bonchev–Trinajstić information content (AvgIpc) is 3.00. The summed E-state index contributed by atoms with van der Waals surface area (Å²) >= 11 is 0. The highest BCUT2D eigenvalue weighted by molar-refractivity contribution is 5.85. The van der Waals surface area contributed by atoms with Crippen molar-refractivity contribution in [3.63, 3.8) is 0 Å². The van der Waals surface area contributed by atoms with Gasteiger partial charge in [-0.05, 0) is 95.8 Å². The number of phenolic OH excluding ortho intramolecular Hbond substituents is 2. The normalized spacial score (nSPS) is 13.5. The van der Waals surface area contributed by atoms with Crippen molar-refractivity contribution in [2.45, 2.75) is 33.1 Å². The van der Waals surface area contributed by atoms with E-state index in [2.05, 4.69) is 61.2 Å². The Balaban J connectivity index is 1.72. The predicted octanol–water partition coefficient (Wildman–Crippen LogP) is 7.49. The van der Waals surface area contributed by atoms with Crippen LogP contribution in [0.15, 0.2) is 78.9 Å². The lowest BCUT2D eigenvalue weighted by molar-refractivity contribution is 0.471. The van der Waals surface area contributed by atoms with Crippen molar-refractivity contribution in [1.29, 1.82) is 0 Å². The first-order valence-corrected chi connectivity index (χ1v) is 10.9. The number of benzene rings is 4. The van der Waals surface area contributed by atoms with Gasteiger partial charge in [-0.15, -0.1) is 0 Å². The number of anilines is 3. The highest BCUT2D eigenvalue weighted by Gasteiger charge is 2.35. The van der Waals surface area contributed by atoms with Gasteiger partial charge in [0, 0.05) is 22.5 Å². The molecule has 4 aromatic carbocycles. The minimum Gasteiger partial charge on any atom is -0.508 e. The molecule has 0 aliphatic heterocycles. The van der Waals surface area contributed by atoms with E-state index in [1.807, 2.05) is 38.1 Å². The molecule has 1 aliphatic carbocycles.